The summed E-state index contributed by atoms with van der Waals surface area (Å²) >= 11 is 0. The third-order valence-electron chi connectivity index (χ3n) is 3.71. The van der Waals surface area contributed by atoms with E-state index in [4.69, 9.17) is 0 Å². The van der Waals surface area contributed by atoms with Crippen molar-refractivity contribution in [3.8, 4) is 17.0 Å². The molecule has 3 rings (SSSR count). The predicted octanol–water partition coefficient (Wildman–Crippen LogP) is 4.19. The maximum absolute atomic E-state index is 12.2. The molecule has 0 saturated heterocycles. The third kappa shape index (κ3) is 5.42. The van der Waals surface area contributed by atoms with Crippen LogP contribution in [0, 0.1) is 0 Å². The van der Waals surface area contributed by atoms with Gasteiger partial charge in [0, 0.05) is 18.2 Å². The van der Waals surface area contributed by atoms with Gasteiger partial charge in [0.25, 0.3) is 0 Å². The van der Waals surface area contributed by atoms with Gasteiger partial charge in [-0.05, 0) is 29.8 Å². The van der Waals surface area contributed by atoms with Crippen LogP contribution in [0.3, 0.4) is 0 Å². The van der Waals surface area contributed by atoms with E-state index in [-0.39, 0.29) is 12.3 Å². The van der Waals surface area contributed by atoms with Gasteiger partial charge in [-0.2, -0.15) is 0 Å². The average molecular weight is 375 g/mol. The molecule has 5 nitrogen and oxygen atoms in total. The van der Waals surface area contributed by atoms with Crippen LogP contribution in [-0.4, -0.2) is 28.0 Å². The van der Waals surface area contributed by atoms with E-state index in [1.807, 2.05) is 30.3 Å². The monoisotopic (exact) mass is 375 g/mol. The van der Waals surface area contributed by atoms with Gasteiger partial charge in [-0.25, -0.2) is 9.97 Å². The van der Waals surface area contributed by atoms with Crippen molar-refractivity contribution in [1.82, 2.24) is 9.97 Å². The van der Waals surface area contributed by atoms with Crippen molar-refractivity contribution in [2.45, 2.75) is 12.5 Å². The van der Waals surface area contributed by atoms with Crippen molar-refractivity contribution < 1.29 is 23.0 Å². The summed E-state index contributed by atoms with van der Waals surface area (Å²) in [5, 5.41) is 13.2. The summed E-state index contributed by atoms with van der Waals surface area (Å²) in [5.41, 5.74) is 1.92. The maximum Gasteiger partial charge on any atom is 0.573 e. The van der Waals surface area contributed by atoms with Gasteiger partial charge >= 0.3 is 6.36 Å². The minimum absolute atomic E-state index is 0.249. The van der Waals surface area contributed by atoms with E-state index < -0.39 is 12.5 Å². The Morgan fingerprint density at radius 2 is 1.70 bits per heavy atom. The summed E-state index contributed by atoms with van der Waals surface area (Å²) in [6.07, 6.45) is -4.09. The largest absolute Gasteiger partial charge is 0.573 e. The lowest BCUT2D eigenvalue weighted by atomic mass is 10.1. The molecule has 0 aliphatic rings. The highest BCUT2D eigenvalue weighted by molar-refractivity contribution is 5.62. The van der Waals surface area contributed by atoms with E-state index in [0.29, 0.717) is 17.1 Å². The molecule has 27 heavy (non-hydrogen) atoms. The number of hydrogen-bond acceptors (Lipinski definition) is 5. The molecule has 0 unspecified atom stereocenters. The number of benzene rings is 2. The number of nitrogens with zero attached hydrogens (tertiary/aromatic N) is 2. The van der Waals surface area contributed by atoms with Gasteiger partial charge in [0.05, 0.1) is 11.8 Å². The Bertz CT molecular complexity index is 871. The number of nitrogens with one attached hydrogen (secondary N) is 1. The molecule has 0 fully saturated rings. The van der Waals surface area contributed by atoms with Crippen LogP contribution in [0.25, 0.3) is 11.3 Å². The molecule has 1 heterocycles. The lowest BCUT2D eigenvalue weighted by Crippen LogP contribution is -2.16. The second kappa shape index (κ2) is 8.05. The van der Waals surface area contributed by atoms with E-state index in [0.717, 1.165) is 5.56 Å². The second-order valence-electron chi connectivity index (χ2n) is 5.67. The Morgan fingerprint density at radius 1 is 1.00 bits per heavy atom. The highest BCUT2D eigenvalue weighted by atomic mass is 19.4. The zero-order valence-electron chi connectivity index (χ0n) is 14.0. The number of ether oxygens (including phenoxy) is 1. The molecule has 3 aromatic rings. The van der Waals surface area contributed by atoms with Crippen LogP contribution in [0.15, 0.2) is 67.0 Å². The van der Waals surface area contributed by atoms with E-state index >= 15 is 0 Å². The fourth-order valence-electron chi connectivity index (χ4n) is 2.43. The molecule has 0 amide bonds. The molecule has 1 aromatic heterocycles. The van der Waals surface area contributed by atoms with Crippen LogP contribution in [0.4, 0.5) is 19.0 Å². The third-order valence-corrected chi connectivity index (χ3v) is 3.71. The Kier molecular flexibility index (Phi) is 5.56. The molecule has 0 saturated carbocycles. The van der Waals surface area contributed by atoms with E-state index in [1.165, 1.54) is 30.6 Å². The topological polar surface area (TPSA) is 67.3 Å². The van der Waals surface area contributed by atoms with Crippen molar-refractivity contribution in [2.75, 3.05) is 11.9 Å². The molecule has 0 radical (unpaired) electrons. The predicted molar refractivity (Wildman–Crippen MR) is 94.0 cm³/mol. The first kappa shape index (κ1) is 18.7. The number of alkyl halides is 3. The first-order valence-corrected chi connectivity index (χ1v) is 8.06. The van der Waals surface area contributed by atoms with Crippen LogP contribution >= 0.6 is 0 Å². The normalized spacial score (nSPS) is 12.4. The van der Waals surface area contributed by atoms with Gasteiger partial charge in [0.2, 0.25) is 0 Å². The number of aliphatic hydroxyl groups is 1. The van der Waals surface area contributed by atoms with Crippen LogP contribution in [0.5, 0.6) is 5.75 Å². The summed E-state index contributed by atoms with van der Waals surface area (Å²) in [4.78, 5) is 8.21. The fourth-order valence-corrected chi connectivity index (χ4v) is 2.43. The molecule has 0 aliphatic carbocycles. The van der Waals surface area contributed by atoms with Crippen LogP contribution in [0.2, 0.25) is 0 Å². The summed E-state index contributed by atoms with van der Waals surface area (Å²) in [6.45, 7) is 0.249. The van der Waals surface area contributed by atoms with E-state index in [2.05, 4.69) is 20.0 Å². The highest BCUT2D eigenvalue weighted by Crippen LogP contribution is 2.26. The lowest BCUT2D eigenvalue weighted by Gasteiger charge is -2.13. The first-order chi connectivity index (χ1) is 12.9. The molecule has 8 heteroatoms. The molecular weight excluding hydrogens is 359 g/mol. The number of aliphatic hydroxyl groups excluding tert-OH is 1. The minimum Gasteiger partial charge on any atom is -0.406 e. The fraction of sp³-hybridized carbons (Fsp3) is 0.158. The zero-order chi connectivity index (χ0) is 19.3. The first-order valence-electron chi connectivity index (χ1n) is 8.06. The Morgan fingerprint density at radius 3 is 2.37 bits per heavy atom. The molecular formula is C19H16F3N3O2. The summed E-state index contributed by atoms with van der Waals surface area (Å²) in [6, 6.07) is 16.2. The van der Waals surface area contributed by atoms with E-state index in [9.17, 15) is 18.3 Å². The van der Waals surface area contributed by atoms with Crippen LogP contribution in [0.1, 0.15) is 11.7 Å². The van der Waals surface area contributed by atoms with Crippen molar-refractivity contribution in [3.63, 3.8) is 0 Å². The summed E-state index contributed by atoms with van der Waals surface area (Å²) < 4.78 is 40.5. The molecule has 1 atom stereocenters. The molecule has 2 N–H and O–H groups in total. The number of hydrogen-bond donors (Lipinski definition) is 2. The standard InChI is InChI=1S/C19H16F3N3O2/c20-19(21,22)27-15-8-6-13(7-9-15)16-10-18(25-12-24-16)23-11-17(26)14-4-2-1-3-5-14/h1-10,12,17,26H,11H2,(H,23,24,25)/t17-/m0/s1. The quantitative estimate of drug-likeness (QED) is 0.676. The smallest absolute Gasteiger partial charge is 0.406 e. The molecule has 140 valence electrons. The van der Waals surface area contributed by atoms with Crippen LogP contribution < -0.4 is 10.1 Å². The molecule has 0 aliphatic heterocycles. The van der Waals surface area contributed by atoms with Crippen molar-refractivity contribution in [1.29, 1.82) is 0 Å². The van der Waals surface area contributed by atoms with E-state index in [1.54, 1.807) is 6.07 Å². The summed E-state index contributed by atoms with van der Waals surface area (Å²) in [7, 11) is 0. The van der Waals surface area contributed by atoms with Crippen molar-refractivity contribution in [2.24, 2.45) is 0 Å². The van der Waals surface area contributed by atoms with Gasteiger partial charge in [-0.15, -0.1) is 13.2 Å². The lowest BCUT2D eigenvalue weighted by molar-refractivity contribution is -0.274. The minimum atomic E-state index is -4.73. The Hall–Kier alpha value is -3.13. The van der Waals surface area contributed by atoms with Gasteiger partial charge in [0.1, 0.15) is 17.9 Å². The van der Waals surface area contributed by atoms with Gasteiger partial charge in [-0.1, -0.05) is 30.3 Å². The molecule has 2 aromatic carbocycles. The van der Waals surface area contributed by atoms with Gasteiger partial charge in [0.15, 0.2) is 0 Å². The summed E-state index contributed by atoms with van der Waals surface area (Å²) in [5.74, 6) is 0.190. The number of aromatic nitrogens is 2. The maximum atomic E-state index is 12.2. The van der Waals surface area contributed by atoms with Gasteiger partial charge in [-0.3, -0.25) is 0 Å². The number of halogens is 3. The van der Waals surface area contributed by atoms with Crippen molar-refractivity contribution in [3.05, 3.63) is 72.6 Å². The molecule has 0 spiro atoms. The SMILES string of the molecule is O[C@@H](CNc1cc(-c2ccc(OC(F)(F)F)cc2)ncn1)c1ccccc1. The van der Waals surface area contributed by atoms with Crippen LogP contribution in [-0.2, 0) is 0 Å². The second-order valence-corrected chi connectivity index (χ2v) is 5.67. The molecule has 0 bridgehead atoms. The van der Waals surface area contributed by atoms with Gasteiger partial charge < -0.3 is 15.2 Å². The number of anilines is 1. The highest BCUT2D eigenvalue weighted by Gasteiger charge is 2.30. The zero-order valence-corrected chi connectivity index (χ0v) is 14.0. The Balaban J connectivity index is 1.66. The Labute approximate surface area is 153 Å². The van der Waals surface area contributed by atoms with Crippen molar-refractivity contribution >= 4 is 5.82 Å². The average Bonchev–Trinajstić information content (AvgIpc) is 2.66. The number of rotatable bonds is 6.